The highest BCUT2D eigenvalue weighted by Crippen LogP contribution is 2.49. The summed E-state index contributed by atoms with van der Waals surface area (Å²) < 4.78 is 18.1. The van der Waals surface area contributed by atoms with Crippen LogP contribution in [0.4, 0.5) is 0 Å². The molecule has 6 nitrogen and oxygen atoms in total. The van der Waals surface area contributed by atoms with Gasteiger partial charge in [-0.15, -0.1) is 0 Å². The molecule has 0 aliphatic heterocycles. The van der Waals surface area contributed by atoms with E-state index in [1.54, 1.807) is 0 Å². The summed E-state index contributed by atoms with van der Waals surface area (Å²) in [5.41, 5.74) is 15.7. The molecule has 0 unspecified atom stereocenters. The first-order valence-electron chi connectivity index (χ1n) is 19.5. The van der Waals surface area contributed by atoms with Gasteiger partial charge < -0.3 is 18.0 Å². The molecule has 7 aromatic carbocycles. The first-order chi connectivity index (χ1) is 28.8. The van der Waals surface area contributed by atoms with Crippen LogP contribution in [0.5, 0.6) is 0 Å². The van der Waals surface area contributed by atoms with Crippen molar-refractivity contribution in [2.75, 3.05) is 0 Å². The van der Waals surface area contributed by atoms with Crippen LogP contribution in [0.3, 0.4) is 0 Å². The van der Waals surface area contributed by atoms with E-state index >= 15 is 0 Å². The van der Waals surface area contributed by atoms with Crippen molar-refractivity contribution in [2.45, 2.75) is 0 Å². The fraction of sp³-hybridized carbons (Fsp3) is 0. The second-order valence-corrected chi connectivity index (χ2v) is 14.9. The zero-order valence-corrected chi connectivity index (χ0v) is 30.9. The maximum atomic E-state index is 6.71. The number of para-hydroxylation sites is 5. The molecule has 0 atom stereocenters. The van der Waals surface area contributed by atoms with Crippen molar-refractivity contribution in [1.82, 2.24) is 19.1 Å². The van der Waals surface area contributed by atoms with Gasteiger partial charge in [-0.2, -0.15) is 0 Å². The molecule has 13 aromatic rings. The van der Waals surface area contributed by atoms with Crippen LogP contribution in [0, 0.1) is 0 Å². The minimum absolute atomic E-state index is 0.770. The van der Waals surface area contributed by atoms with Crippen LogP contribution < -0.4 is 0 Å². The Bertz CT molecular complexity index is 3810. The Hall–Kier alpha value is -7.96. The van der Waals surface area contributed by atoms with Crippen LogP contribution in [-0.4, -0.2) is 19.1 Å². The van der Waals surface area contributed by atoms with E-state index in [1.165, 1.54) is 10.8 Å². The monoisotopic (exact) mass is 742 g/mol. The second-order valence-electron chi connectivity index (χ2n) is 14.9. The first kappa shape index (κ1) is 31.3. The molecule has 0 amide bonds. The number of nitrogens with zero attached hydrogens (tertiary/aromatic N) is 4. The second kappa shape index (κ2) is 11.8. The van der Waals surface area contributed by atoms with Gasteiger partial charge in [-0.25, -0.2) is 0 Å². The lowest BCUT2D eigenvalue weighted by Gasteiger charge is -2.17. The number of furan rings is 2. The Balaban J connectivity index is 1.22. The molecule has 0 saturated heterocycles. The SMILES string of the molecule is c1ccc(-n2c3ccccc3c3ccc(-c4cccc5c4oc4cccnc45)c(-c4cccc5c4c4ccccc4n5-c4cccc5c4oc4cccnc45)c32)cc1. The van der Waals surface area contributed by atoms with Gasteiger partial charge >= 0.3 is 0 Å². The van der Waals surface area contributed by atoms with E-state index in [2.05, 4.69) is 155 Å². The van der Waals surface area contributed by atoms with Crippen molar-refractivity contribution < 1.29 is 8.83 Å². The zero-order chi connectivity index (χ0) is 37.9. The molecule has 6 heterocycles. The maximum Gasteiger partial charge on any atom is 0.161 e. The average Bonchev–Trinajstić information content (AvgIpc) is 4.04. The molecular formula is C52H30N4O2. The third-order valence-corrected chi connectivity index (χ3v) is 11.8. The van der Waals surface area contributed by atoms with Crippen LogP contribution in [-0.2, 0) is 0 Å². The van der Waals surface area contributed by atoms with E-state index < -0.39 is 0 Å². The van der Waals surface area contributed by atoms with Crippen LogP contribution in [0.15, 0.2) is 191 Å². The Morgan fingerprint density at radius 2 is 0.983 bits per heavy atom. The smallest absolute Gasteiger partial charge is 0.161 e. The van der Waals surface area contributed by atoms with E-state index in [0.29, 0.717) is 0 Å². The molecular weight excluding hydrogens is 713 g/mol. The molecule has 0 fully saturated rings. The van der Waals surface area contributed by atoms with Gasteiger partial charge in [0.25, 0.3) is 0 Å². The largest absolute Gasteiger partial charge is 0.454 e. The first-order valence-corrected chi connectivity index (χ1v) is 19.5. The molecule has 270 valence electrons. The van der Waals surface area contributed by atoms with Crippen LogP contribution in [0.1, 0.15) is 0 Å². The molecule has 6 aromatic heterocycles. The van der Waals surface area contributed by atoms with Gasteiger partial charge in [0, 0.05) is 61.5 Å². The summed E-state index contributed by atoms with van der Waals surface area (Å²) in [6.45, 7) is 0. The number of aromatic nitrogens is 4. The highest BCUT2D eigenvalue weighted by Gasteiger charge is 2.26. The summed E-state index contributed by atoms with van der Waals surface area (Å²) in [7, 11) is 0. The van der Waals surface area contributed by atoms with Gasteiger partial charge in [0.1, 0.15) is 16.6 Å². The van der Waals surface area contributed by atoms with E-state index in [-0.39, 0.29) is 0 Å². The quantitative estimate of drug-likeness (QED) is 0.180. The molecule has 0 spiro atoms. The molecule has 58 heavy (non-hydrogen) atoms. The third-order valence-electron chi connectivity index (χ3n) is 11.8. The third kappa shape index (κ3) is 4.20. The normalized spacial score (nSPS) is 12.1. The summed E-state index contributed by atoms with van der Waals surface area (Å²) >= 11 is 0. The van der Waals surface area contributed by atoms with Crippen molar-refractivity contribution in [3.8, 4) is 33.6 Å². The molecule has 0 aliphatic rings. The summed E-state index contributed by atoms with van der Waals surface area (Å²) in [5.74, 6) is 0. The molecule has 0 bridgehead atoms. The molecule has 0 N–H and O–H groups in total. The van der Waals surface area contributed by atoms with Gasteiger partial charge in [-0.3, -0.25) is 9.97 Å². The number of hydrogen-bond donors (Lipinski definition) is 0. The Kier molecular flexibility index (Phi) is 6.35. The topological polar surface area (TPSA) is 61.9 Å². The van der Waals surface area contributed by atoms with Gasteiger partial charge in [-0.1, -0.05) is 97.1 Å². The molecule has 0 radical (unpaired) electrons. The lowest BCUT2D eigenvalue weighted by atomic mass is 9.89. The van der Waals surface area contributed by atoms with Gasteiger partial charge in [-0.05, 0) is 83.9 Å². The van der Waals surface area contributed by atoms with E-state index in [0.717, 1.165) is 111 Å². The van der Waals surface area contributed by atoms with Gasteiger partial charge in [0.15, 0.2) is 16.7 Å². The summed E-state index contributed by atoms with van der Waals surface area (Å²) in [6.07, 6.45) is 3.66. The van der Waals surface area contributed by atoms with Crippen molar-refractivity contribution >= 4 is 87.7 Å². The lowest BCUT2D eigenvalue weighted by Crippen LogP contribution is -1.98. The number of fused-ring (bicyclic) bond motifs is 12. The van der Waals surface area contributed by atoms with E-state index in [9.17, 15) is 0 Å². The highest BCUT2D eigenvalue weighted by molar-refractivity contribution is 6.24. The molecule has 6 heteroatoms. The Morgan fingerprint density at radius 3 is 1.78 bits per heavy atom. The van der Waals surface area contributed by atoms with Gasteiger partial charge in [0.05, 0.1) is 27.8 Å². The number of benzene rings is 7. The summed E-state index contributed by atoms with van der Waals surface area (Å²) in [4.78, 5) is 9.45. The van der Waals surface area contributed by atoms with Crippen LogP contribution >= 0.6 is 0 Å². The number of hydrogen-bond acceptors (Lipinski definition) is 4. The summed E-state index contributed by atoms with van der Waals surface area (Å²) in [6, 6.07) is 60.0. The standard InChI is InChI=1S/C52H30N4O2/c1-2-13-31(14-3-1)55-40-21-6-4-15-32(40)34-28-27-33(35-17-8-19-38-48-44(57-51(35)38)25-11-29-53-48)47(50(34)55)37-18-9-23-42-46(37)36-16-5-7-22-41(36)56(42)43-24-10-20-39-49-45(58-52(39)43)26-12-30-54-49/h1-30H. The fourth-order valence-electron chi connectivity index (χ4n) is 9.50. The highest BCUT2D eigenvalue weighted by atomic mass is 16.3. The van der Waals surface area contributed by atoms with Gasteiger partial charge in [0.2, 0.25) is 0 Å². The number of pyridine rings is 2. The molecule has 13 rings (SSSR count). The summed E-state index contributed by atoms with van der Waals surface area (Å²) in [5, 5.41) is 6.66. The van der Waals surface area contributed by atoms with Crippen LogP contribution in [0.2, 0.25) is 0 Å². The van der Waals surface area contributed by atoms with E-state index in [4.69, 9.17) is 18.8 Å². The lowest BCUT2D eigenvalue weighted by molar-refractivity contribution is 0.665. The van der Waals surface area contributed by atoms with Crippen molar-refractivity contribution in [2.24, 2.45) is 0 Å². The van der Waals surface area contributed by atoms with Crippen molar-refractivity contribution in [3.05, 3.63) is 182 Å². The predicted octanol–water partition coefficient (Wildman–Crippen LogP) is 13.8. The van der Waals surface area contributed by atoms with Crippen molar-refractivity contribution in [1.29, 1.82) is 0 Å². The maximum absolute atomic E-state index is 6.71. The van der Waals surface area contributed by atoms with E-state index in [1.807, 2.05) is 36.7 Å². The van der Waals surface area contributed by atoms with Crippen molar-refractivity contribution in [3.63, 3.8) is 0 Å². The minimum Gasteiger partial charge on any atom is -0.454 e. The fourth-order valence-corrected chi connectivity index (χ4v) is 9.50. The number of rotatable bonds is 4. The average molecular weight is 743 g/mol. The Morgan fingerprint density at radius 1 is 0.379 bits per heavy atom. The Labute approximate surface area is 330 Å². The van der Waals surface area contributed by atoms with Crippen LogP contribution in [0.25, 0.3) is 121 Å². The zero-order valence-electron chi connectivity index (χ0n) is 30.9. The predicted molar refractivity (Wildman–Crippen MR) is 236 cm³/mol. The molecule has 0 saturated carbocycles. The molecule has 0 aliphatic carbocycles. The minimum atomic E-state index is 0.770.